The van der Waals surface area contributed by atoms with Crippen LogP contribution < -0.4 is 5.73 Å². The number of nitrogen functional groups attached to an aromatic ring is 1. The fourth-order valence-electron chi connectivity index (χ4n) is 4.34. The van der Waals surface area contributed by atoms with Gasteiger partial charge >= 0.3 is 6.03 Å². The number of nitrogens with one attached hydrogen (secondary N) is 1. The lowest BCUT2D eigenvalue weighted by Crippen LogP contribution is -2.41. The maximum absolute atomic E-state index is 13.4. The number of aromatic nitrogens is 1. The second-order valence-corrected chi connectivity index (χ2v) is 7.91. The number of piperidine rings is 1. The Kier molecular flexibility index (Phi) is 5.38. The Morgan fingerprint density at radius 3 is 2.48 bits per heavy atom. The van der Waals surface area contributed by atoms with E-state index in [4.69, 9.17) is 11.1 Å². The molecule has 5 heteroatoms. The maximum Gasteiger partial charge on any atom is 0.328 e. The maximum atomic E-state index is 13.4. The number of amides is 1. The summed E-state index contributed by atoms with van der Waals surface area (Å²) in [7, 11) is 0. The average molecular weight is 389 g/mol. The number of hydrogen-bond donors (Lipinski definition) is 2. The first-order chi connectivity index (χ1) is 14.1. The first kappa shape index (κ1) is 19.2. The molecule has 1 amide bonds. The van der Waals surface area contributed by atoms with Crippen molar-refractivity contribution in [3.63, 3.8) is 0 Å². The van der Waals surface area contributed by atoms with Crippen molar-refractivity contribution in [1.29, 1.82) is 5.41 Å². The van der Waals surface area contributed by atoms with E-state index >= 15 is 0 Å². The minimum absolute atomic E-state index is 0.0458. The molecule has 3 aromatic rings. The second kappa shape index (κ2) is 8.11. The van der Waals surface area contributed by atoms with Crippen molar-refractivity contribution in [3.05, 3.63) is 71.4 Å². The number of likely N-dealkylation sites (tertiary alicyclic amines) is 1. The average Bonchev–Trinajstić information content (AvgIpc) is 3.12. The molecule has 0 aliphatic carbocycles. The third kappa shape index (κ3) is 3.90. The molecule has 4 rings (SSSR count). The zero-order valence-corrected chi connectivity index (χ0v) is 16.9. The monoisotopic (exact) mass is 388 g/mol. The Labute approximate surface area is 171 Å². The van der Waals surface area contributed by atoms with Crippen LogP contribution in [0.5, 0.6) is 0 Å². The molecule has 0 atom stereocenters. The van der Waals surface area contributed by atoms with Crippen LogP contribution in [0.2, 0.25) is 0 Å². The quantitative estimate of drug-likeness (QED) is 0.513. The standard InChI is InChI=1S/C24H28N4O/c1-2-21-16-20-15-19(23(25)26)8-9-22(20)28(21)24(29)27-12-10-18(11-13-27)14-17-6-4-3-5-7-17/h3-9,15-16,18H,2,10-14H2,1H3,(H3,25,26). The minimum Gasteiger partial charge on any atom is -0.384 e. The fraction of sp³-hybridized carbons (Fsp3) is 0.333. The smallest absolute Gasteiger partial charge is 0.328 e. The Morgan fingerprint density at radius 1 is 1.10 bits per heavy atom. The molecule has 2 aromatic carbocycles. The number of aryl methyl sites for hydroxylation is 1. The van der Waals surface area contributed by atoms with E-state index in [-0.39, 0.29) is 11.9 Å². The van der Waals surface area contributed by atoms with Gasteiger partial charge in [0.15, 0.2) is 0 Å². The first-order valence-electron chi connectivity index (χ1n) is 10.4. The number of rotatable bonds is 4. The normalized spacial score (nSPS) is 15.0. The highest BCUT2D eigenvalue weighted by atomic mass is 16.2. The summed E-state index contributed by atoms with van der Waals surface area (Å²) in [5, 5.41) is 8.62. The molecule has 1 fully saturated rings. The predicted molar refractivity (Wildman–Crippen MR) is 118 cm³/mol. The van der Waals surface area contributed by atoms with Crippen LogP contribution in [0, 0.1) is 11.3 Å². The van der Waals surface area contributed by atoms with E-state index in [0.29, 0.717) is 11.5 Å². The van der Waals surface area contributed by atoms with Gasteiger partial charge in [-0.15, -0.1) is 0 Å². The number of hydrogen-bond acceptors (Lipinski definition) is 2. The van der Waals surface area contributed by atoms with Crippen LogP contribution in [0.25, 0.3) is 10.9 Å². The van der Waals surface area contributed by atoms with Gasteiger partial charge in [-0.3, -0.25) is 9.98 Å². The highest BCUT2D eigenvalue weighted by Gasteiger charge is 2.26. The summed E-state index contributed by atoms with van der Waals surface area (Å²) in [5.41, 5.74) is 9.58. The zero-order chi connectivity index (χ0) is 20.4. The molecule has 0 spiro atoms. The summed E-state index contributed by atoms with van der Waals surface area (Å²) >= 11 is 0. The number of nitrogens with two attached hydrogens (primary N) is 1. The van der Waals surface area contributed by atoms with E-state index < -0.39 is 0 Å². The van der Waals surface area contributed by atoms with Gasteiger partial charge in [0.25, 0.3) is 0 Å². The van der Waals surface area contributed by atoms with Crippen LogP contribution in [-0.2, 0) is 12.8 Å². The van der Waals surface area contributed by atoms with Crippen LogP contribution in [0.4, 0.5) is 4.79 Å². The molecular formula is C24H28N4O. The van der Waals surface area contributed by atoms with Gasteiger partial charge < -0.3 is 10.6 Å². The van der Waals surface area contributed by atoms with Crippen molar-refractivity contribution >= 4 is 22.8 Å². The summed E-state index contributed by atoms with van der Waals surface area (Å²) in [6.07, 6.45) is 3.94. The number of amidine groups is 1. The van der Waals surface area contributed by atoms with Crippen LogP contribution in [0.1, 0.15) is 36.6 Å². The summed E-state index contributed by atoms with van der Waals surface area (Å²) in [6, 6.07) is 18.3. The molecule has 1 aliphatic heterocycles. The summed E-state index contributed by atoms with van der Waals surface area (Å²) in [6.45, 7) is 3.66. The van der Waals surface area contributed by atoms with Crippen molar-refractivity contribution < 1.29 is 4.79 Å². The molecule has 150 valence electrons. The molecule has 1 aliphatic rings. The first-order valence-corrected chi connectivity index (χ1v) is 10.4. The van der Waals surface area contributed by atoms with Gasteiger partial charge in [0.2, 0.25) is 0 Å². The number of carbonyl (C=O) groups excluding carboxylic acids is 1. The van der Waals surface area contributed by atoms with Gasteiger partial charge in [0, 0.05) is 29.7 Å². The van der Waals surface area contributed by atoms with Crippen LogP contribution in [0.15, 0.2) is 54.6 Å². The topological polar surface area (TPSA) is 75.1 Å². The molecule has 0 saturated carbocycles. The van der Waals surface area contributed by atoms with Gasteiger partial charge in [0.1, 0.15) is 5.84 Å². The zero-order valence-electron chi connectivity index (χ0n) is 16.9. The summed E-state index contributed by atoms with van der Waals surface area (Å²) in [5.74, 6) is 0.677. The van der Waals surface area contributed by atoms with Crippen molar-refractivity contribution in [2.75, 3.05) is 13.1 Å². The van der Waals surface area contributed by atoms with Crippen LogP contribution >= 0.6 is 0 Å². The van der Waals surface area contributed by atoms with Gasteiger partial charge in [-0.2, -0.15) is 0 Å². The fourth-order valence-corrected chi connectivity index (χ4v) is 4.34. The SMILES string of the molecule is CCc1cc2cc(C(=N)N)ccc2n1C(=O)N1CCC(Cc2ccccc2)CC1. The molecule has 1 saturated heterocycles. The van der Waals surface area contributed by atoms with Gasteiger partial charge in [-0.1, -0.05) is 37.3 Å². The van der Waals surface area contributed by atoms with Gasteiger partial charge in [0.05, 0.1) is 5.52 Å². The van der Waals surface area contributed by atoms with Crippen LogP contribution in [-0.4, -0.2) is 34.4 Å². The number of benzene rings is 2. The molecule has 0 unspecified atom stereocenters. The largest absolute Gasteiger partial charge is 0.384 e. The van der Waals surface area contributed by atoms with Crippen molar-refractivity contribution in [2.24, 2.45) is 11.7 Å². The van der Waals surface area contributed by atoms with Crippen LogP contribution in [0.3, 0.4) is 0 Å². The molecular weight excluding hydrogens is 360 g/mol. The second-order valence-electron chi connectivity index (χ2n) is 7.91. The van der Waals surface area contributed by atoms with E-state index in [9.17, 15) is 4.79 Å². The predicted octanol–water partition coefficient (Wildman–Crippen LogP) is 4.41. The van der Waals surface area contributed by atoms with Gasteiger partial charge in [-0.25, -0.2) is 4.79 Å². The molecule has 1 aromatic heterocycles. The Bertz CT molecular complexity index is 1030. The van der Waals surface area contributed by atoms with E-state index in [0.717, 1.165) is 55.4 Å². The number of fused-ring (bicyclic) bond motifs is 1. The van der Waals surface area contributed by atoms with E-state index in [1.54, 1.807) is 0 Å². The lowest BCUT2D eigenvalue weighted by molar-refractivity contribution is 0.172. The molecule has 0 bridgehead atoms. The molecule has 2 heterocycles. The van der Waals surface area contributed by atoms with E-state index in [1.165, 1.54) is 5.56 Å². The highest BCUT2D eigenvalue weighted by Crippen LogP contribution is 2.26. The Morgan fingerprint density at radius 2 is 1.83 bits per heavy atom. The van der Waals surface area contributed by atoms with Crippen molar-refractivity contribution in [1.82, 2.24) is 9.47 Å². The molecule has 5 nitrogen and oxygen atoms in total. The summed E-state index contributed by atoms with van der Waals surface area (Å²) < 4.78 is 1.84. The molecule has 3 N–H and O–H groups in total. The van der Waals surface area contributed by atoms with E-state index in [1.807, 2.05) is 33.7 Å². The lowest BCUT2D eigenvalue weighted by atomic mass is 9.90. The lowest BCUT2D eigenvalue weighted by Gasteiger charge is -2.32. The third-order valence-electron chi connectivity index (χ3n) is 5.99. The Hall–Kier alpha value is -3.08. The molecule has 0 radical (unpaired) electrons. The van der Waals surface area contributed by atoms with E-state index in [2.05, 4.69) is 37.3 Å². The van der Waals surface area contributed by atoms with Gasteiger partial charge in [-0.05, 0) is 61.4 Å². The minimum atomic E-state index is 0.0458. The number of carbonyl (C=O) groups is 1. The van der Waals surface area contributed by atoms with Crippen molar-refractivity contribution in [2.45, 2.75) is 32.6 Å². The van der Waals surface area contributed by atoms with Crippen molar-refractivity contribution in [3.8, 4) is 0 Å². The Balaban J connectivity index is 1.51. The summed E-state index contributed by atoms with van der Waals surface area (Å²) in [4.78, 5) is 15.3. The molecule has 29 heavy (non-hydrogen) atoms. The number of nitrogens with zero attached hydrogens (tertiary/aromatic N) is 2. The third-order valence-corrected chi connectivity index (χ3v) is 5.99. The highest BCUT2D eigenvalue weighted by molar-refractivity contribution is 6.00.